The second kappa shape index (κ2) is 30.0. The third-order valence-corrected chi connectivity index (χ3v) is 23.0. The molecule has 7 heteroatoms. The number of aryl methyl sites for hydroxylation is 4. The van der Waals surface area contributed by atoms with Gasteiger partial charge in [-0.1, -0.05) is 194 Å². The van der Waals surface area contributed by atoms with E-state index in [1.165, 1.54) is 92.7 Å². The zero-order valence-electron chi connectivity index (χ0n) is 65.2. The van der Waals surface area contributed by atoms with Crippen LogP contribution in [0.3, 0.4) is 0 Å². The molecule has 0 saturated carbocycles. The van der Waals surface area contributed by atoms with Gasteiger partial charge in [-0.05, 0) is 312 Å². The number of aromatic nitrogens is 1. The van der Waals surface area contributed by atoms with Gasteiger partial charge in [0.2, 0.25) is 0 Å². The van der Waals surface area contributed by atoms with E-state index in [2.05, 4.69) is 480 Å². The summed E-state index contributed by atoms with van der Waals surface area (Å²) in [5.41, 5.74) is 27.8. The molecule has 0 unspecified atom stereocenters. The van der Waals surface area contributed by atoms with E-state index in [1.807, 2.05) is 0 Å². The Kier molecular flexibility index (Phi) is 18.1. The topological polar surface area (TPSA) is 24.4 Å². The average Bonchev–Trinajstić information content (AvgIpc) is 1.04. The fourth-order valence-electron chi connectivity index (χ4n) is 17.7. The molecule has 0 amide bonds. The maximum atomic E-state index is 2.47. The van der Waals surface area contributed by atoms with Crippen molar-refractivity contribution in [2.75, 3.05) is 29.4 Å². The maximum Gasteiger partial charge on any atom is 0.0540 e. The Balaban J connectivity index is 0.665. The molecule has 0 saturated heterocycles. The van der Waals surface area contributed by atoms with Gasteiger partial charge in [0.05, 0.1) is 11.4 Å². The average molecular weight is 1490 g/mol. The second-order valence-electron chi connectivity index (χ2n) is 30.2. The van der Waals surface area contributed by atoms with Gasteiger partial charge in [0, 0.05) is 130 Å². The first-order chi connectivity index (χ1) is 57.2. The number of fused-ring (bicyclic) bond motifs is 4. The molecule has 116 heavy (non-hydrogen) atoms. The lowest BCUT2D eigenvalue weighted by Gasteiger charge is -2.30. The Morgan fingerprint density at radius 3 is 0.983 bits per heavy atom. The predicted molar refractivity (Wildman–Crippen MR) is 494 cm³/mol. The molecular formula is C109H83N7. The highest BCUT2D eigenvalue weighted by Gasteiger charge is 2.26. The number of hydrogen-bond acceptors (Lipinski definition) is 6. The predicted octanol–water partition coefficient (Wildman–Crippen LogP) is 31.3. The minimum atomic E-state index is 0.834. The first-order valence-corrected chi connectivity index (χ1v) is 40.1. The molecule has 1 aromatic heterocycles. The zero-order valence-corrected chi connectivity index (χ0v) is 65.2. The summed E-state index contributed by atoms with van der Waals surface area (Å²) in [7, 11) is 0. The number of benzene rings is 19. The number of para-hydroxylation sites is 5. The highest BCUT2D eigenvalue weighted by Crippen LogP contribution is 2.51. The number of nitrogens with zero attached hydrogens (tertiary/aromatic N) is 7. The molecule has 7 nitrogen and oxygen atoms in total. The minimum Gasteiger partial charge on any atom is -0.341 e. The van der Waals surface area contributed by atoms with Crippen LogP contribution in [0.4, 0.5) is 102 Å². The van der Waals surface area contributed by atoms with Crippen LogP contribution in [-0.2, 0) is 6.54 Å². The molecule has 554 valence electrons. The van der Waals surface area contributed by atoms with Crippen LogP contribution in [0.5, 0.6) is 0 Å². The monoisotopic (exact) mass is 1490 g/mol. The molecule has 0 N–H and O–H groups in total. The normalized spacial score (nSPS) is 11.5. The summed E-state index contributed by atoms with van der Waals surface area (Å²) in [4.78, 5) is 14.3. The van der Waals surface area contributed by atoms with Gasteiger partial charge >= 0.3 is 0 Å². The van der Waals surface area contributed by atoms with E-state index in [9.17, 15) is 0 Å². The molecule has 0 aliphatic rings. The first-order valence-electron chi connectivity index (χ1n) is 40.1. The van der Waals surface area contributed by atoms with E-state index in [4.69, 9.17) is 0 Å². The lowest BCUT2D eigenvalue weighted by Crippen LogP contribution is -2.14. The van der Waals surface area contributed by atoms with Crippen LogP contribution in [0.1, 0.15) is 23.6 Å². The Morgan fingerprint density at radius 1 is 0.198 bits per heavy atom. The molecule has 0 atom stereocenters. The van der Waals surface area contributed by atoms with E-state index in [0.29, 0.717) is 0 Å². The second-order valence-corrected chi connectivity index (χ2v) is 30.2. The number of anilines is 18. The fourth-order valence-corrected chi connectivity index (χ4v) is 17.7. The maximum absolute atomic E-state index is 2.47. The van der Waals surface area contributed by atoms with Gasteiger partial charge in [0.25, 0.3) is 0 Å². The van der Waals surface area contributed by atoms with E-state index in [1.54, 1.807) is 0 Å². The highest BCUT2D eigenvalue weighted by molar-refractivity contribution is 6.29. The van der Waals surface area contributed by atoms with Crippen LogP contribution in [0.25, 0.3) is 76.0 Å². The number of rotatable bonds is 20. The molecular weight excluding hydrogens is 1410 g/mol. The molecule has 0 bridgehead atoms. The van der Waals surface area contributed by atoms with Gasteiger partial charge in [0.1, 0.15) is 0 Å². The summed E-state index contributed by atoms with van der Waals surface area (Å²) in [6, 6.07) is 153. The highest BCUT2D eigenvalue weighted by atomic mass is 15.2. The van der Waals surface area contributed by atoms with Crippen molar-refractivity contribution in [2.45, 2.75) is 34.2 Å². The minimum absolute atomic E-state index is 0.834. The molecule has 20 rings (SSSR count). The van der Waals surface area contributed by atoms with Crippen molar-refractivity contribution >= 4 is 167 Å². The molecule has 0 aliphatic heterocycles. The summed E-state index contributed by atoms with van der Waals surface area (Å²) in [5, 5.41) is 12.2. The summed E-state index contributed by atoms with van der Waals surface area (Å²) < 4.78 is 2.47. The molecule has 0 aliphatic carbocycles. The van der Waals surface area contributed by atoms with Crippen LogP contribution < -0.4 is 29.4 Å². The third-order valence-electron chi connectivity index (χ3n) is 23.0. The van der Waals surface area contributed by atoms with E-state index >= 15 is 0 Å². The van der Waals surface area contributed by atoms with Gasteiger partial charge in [-0.2, -0.15) is 0 Å². The van der Waals surface area contributed by atoms with E-state index in [0.717, 1.165) is 109 Å². The van der Waals surface area contributed by atoms with Crippen LogP contribution in [-0.4, -0.2) is 4.57 Å². The molecule has 19 aromatic carbocycles. The summed E-state index contributed by atoms with van der Waals surface area (Å²) in [6.45, 7) is 9.67. The van der Waals surface area contributed by atoms with Gasteiger partial charge in [-0.3, -0.25) is 0 Å². The van der Waals surface area contributed by atoms with Crippen molar-refractivity contribution < 1.29 is 0 Å². The standard InChI is InChI=1S/C109H83N7/c1-5-110-104-67-62-95(115(84-38-17-9-18-39-84)106-46-26-30-78-29-21-22-44-98(78)106)73-102(104)103-74-96(63-68-105(103)110)116(85-40-19-10-20-41-85)107-66-48-80-72-101(99-45-25-31-79-47-64-100(107)109(80)108(79)99)97-65-61-94(71-77(97)4)114(83-36-15-8-16-37-83)91-59-53-88(54-60-91)111(86-49-55-89(56-50-86)112(81-32-11-6-12-33-81)92-42-23-27-75(2)69-92)87-51-57-90(58-52-87)113(82-34-13-7-14-35-82)93-43-24-28-76(3)70-93/h6-74H,5H2,1-4H3. The van der Waals surface area contributed by atoms with Gasteiger partial charge in [-0.15, -0.1) is 0 Å². The Morgan fingerprint density at radius 2 is 0.526 bits per heavy atom. The van der Waals surface area contributed by atoms with Crippen molar-refractivity contribution in [3.05, 3.63) is 435 Å². The van der Waals surface area contributed by atoms with Crippen molar-refractivity contribution in [2.24, 2.45) is 0 Å². The van der Waals surface area contributed by atoms with Gasteiger partial charge < -0.3 is 34.0 Å². The fraction of sp³-hybridized carbons (Fsp3) is 0.0459. The molecule has 1 heterocycles. The van der Waals surface area contributed by atoms with Crippen molar-refractivity contribution in [1.82, 2.24) is 4.57 Å². The summed E-state index contributed by atoms with van der Waals surface area (Å²) in [6.07, 6.45) is 0. The van der Waals surface area contributed by atoms with Crippen LogP contribution >= 0.6 is 0 Å². The quantitative estimate of drug-likeness (QED) is 0.0705. The molecule has 0 spiro atoms. The Labute approximate surface area is 677 Å². The lowest BCUT2D eigenvalue weighted by molar-refractivity contribution is 0.827. The van der Waals surface area contributed by atoms with Gasteiger partial charge in [0.15, 0.2) is 0 Å². The largest absolute Gasteiger partial charge is 0.341 e. The molecule has 0 fully saturated rings. The first kappa shape index (κ1) is 70.2. The van der Waals surface area contributed by atoms with E-state index < -0.39 is 0 Å². The third kappa shape index (κ3) is 12.8. The van der Waals surface area contributed by atoms with Crippen molar-refractivity contribution in [1.29, 1.82) is 0 Å². The smallest absolute Gasteiger partial charge is 0.0540 e. The molecule has 20 aromatic rings. The SMILES string of the molecule is CCn1c2ccc(N(c3ccccc3)c3cccc4ccccc34)cc2c2cc(N(c3ccccc3)c3ccc4cc(-c5ccc(N(c6ccccc6)c6ccc(N(c7ccc(N(c8ccccc8)c8cccc(C)c8)cc7)c7ccc(N(c8ccccc8)c8cccc(C)c8)cc7)cc6)cc5C)c5cccc6ccc3c4c65)ccc21. The lowest BCUT2D eigenvalue weighted by atomic mass is 9.87. The van der Waals surface area contributed by atoms with Crippen molar-refractivity contribution in [3.63, 3.8) is 0 Å². The summed E-state index contributed by atoms with van der Waals surface area (Å²) in [5.74, 6) is 0. The Hall–Kier alpha value is -14.9. The van der Waals surface area contributed by atoms with E-state index in [-0.39, 0.29) is 0 Å². The summed E-state index contributed by atoms with van der Waals surface area (Å²) >= 11 is 0. The van der Waals surface area contributed by atoms with Crippen LogP contribution in [0.15, 0.2) is 419 Å². The molecule has 0 radical (unpaired) electrons. The van der Waals surface area contributed by atoms with Crippen molar-refractivity contribution in [3.8, 4) is 11.1 Å². The van der Waals surface area contributed by atoms with Gasteiger partial charge in [-0.25, -0.2) is 0 Å². The number of hydrogen-bond donors (Lipinski definition) is 0. The Bertz CT molecular complexity index is 6830. The zero-order chi connectivity index (χ0) is 77.7. The van der Waals surface area contributed by atoms with Crippen LogP contribution in [0.2, 0.25) is 0 Å². The van der Waals surface area contributed by atoms with Crippen LogP contribution in [0, 0.1) is 20.8 Å².